The number of carbonyl (C=O) groups excluding carboxylic acids is 3. The SMILES string of the molecule is C[C@H]1[C@H](CC(=O)/C(=N\OCCOc2ccc(C(=N)N)cc2COC=O)c2csc(N)n2)C(=O)N1S(=O)(=O)O. The number of nitrogens with two attached hydrogens (primary N) is 2. The van der Waals surface area contributed by atoms with Gasteiger partial charge in [-0.1, -0.05) is 5.16 Å². The fourth-order valence-corrected chi connectivity index (χ4v) is 5.07. The lowest BCUT2D eigenvalue weighted by Crippen LogP contribution is -2.62. The van der Waals surface area contributed by atoms with Gasteiger partial charge in [0, 0.05) is 22.9 Å². The topological polar surface area (TPSA) is 238 Å². The Morgan fingerprint density at radius 2 is 2.11 bits per heavy atom. The van der Waals surface area contributed by atoms with E-state index < -0.39 is 40.4 Å². The van der Waals surface area contributed by atoms with Crippen LogP contribution in [0.2, 0.25) is 0 Å². The van der Waals surface area contributed by atoms with Gasteiger partial charge in [0.05, 0.1) is 12.0 Å². The molecule has 0 unspecified atom stereocenters. The molecular weight excluding hydrogens is 544 g/mol. The highest BCUT2D eigenvalue weighted by Gasteiger charge is 2.51. The Balaban J connectivity index is 1.66. The van der Waals surface area contributed by atoms with Crippen molar-refractivity contribution in [2.24, 2.45) is 16.8 Å². The van der Waals surface area contributed by atoms with Crippen LogP contribution in [0.4, 0.5) is 5.13 Å². The number of anilines is 1. The van der Waals surface area contributed by atoms with Gasteiger partial charge >= 0.3 is 10.3 Å². The van der Waals surface area contributed by atoms with Crippen molar-refractivity contribution in [1.29, 1.82) is 5.41 Å². The maximum atomic E-state index is 12.9. The number of rotatable bonds is 14. The number of amides is 1. The van der Waals surface area contributed by atoms with Crippen LogP contribution in [0.15, 0.2) is 28.7 Å². The molecule has 0 aliphatic carbocycles. The predicted octanol–water partition coefficient (Wildman–Crippen LogP) is 0.0910. The van der Waals surface area contributed by atoms with Crippen molar-refractivity contribution >= 4 is 56.5 Å². The monoisotopic (exact) mass is 568 g/mol. The van der Waals surface area contributed by atoms with Crippen LogP contribution >= 0.6 is 11.3 Å². The van der Waals surface area contributed by atoms with E-state index in [1.807, 2.05) is 0 Å². The van der Waals surface area contributed by atoms with Crippen molar-refractivity contribution in [3.05, 3.63) is 40.4 Å². The van der Waals surface area contributed by atoms with Gasteiger partial charge in [-0.25, -0.2) is 9.29 Å². The third-order valence-electron chi connectivity index (χ3n) is 5.44. The first kappa shape index (κ1) is 28.5. The lowest BCUT2D eigenvalue weighted by atomic mass is 9.86. The number of ether oxygens (including phenoxy) is 2. The van der Waals surface area contributed by atoms with E-state index in [9.17, 15) is 22.8 Å². The van der Waals surface area contributed by atoms with Crippen molar-refractivity contribution in [1.82, 2.24) is 9.29 Å². The normalized spacial score (nSPS) is 17.5. The van der Waals surface area contributed by atoms with Gasteiger partial charge in [0.1, 0.15) is 30.5 Å². The van der Waals surface area contributed by atoms with Gasteiger partial charge in [0.25, 0.3) is 6.47 Å². The van der Waals surface area contributed by atoms with E-state index in [0.717, 1.165) is 11.3 Å². The van der Waals surface area contributed by atoms with Gasteiger partial charge in [-0.3, -0.25) is 24.3 Å². The number of carbonyl (C=O) groups is 3. The van der Waals surface area contributed by atoms with Crippen LogP contribution in [0.5, 0.6) is 5.75 Å². The van der Waals surface area contributed by atoms with Crippen molar-refractivity contribution in [3.8, 4) is 5.75 Å². The third kappa shape index (κ3) is 6.61. The molecule has 38 heavy (non-hydrogen) atoms. The predicted molar refractivity (Wildman–Crippen MR) is 134 cm³/mol. The Hall–Kier alpha value is -4.09. The Labute approximate surface area is 220 Å². The van der Waals surface area contributed by atoms with Crippen LogP contribution in [0, 0.1) is 11.3 Å². The molecule has 1 aromatic heterocycles. The van der Waals surface area contributed by atoms with Crippen LogP contribution in [0.1, 0.15) is 30.2 Å². The molecule has 1 aliphatic heterocycles. The highest BCUT2D eigenvalue weighted by atomic mass is 32.2. The summed E-state index contributed by atoms with van der Waals surface area (Å²) >= 11 is 1.05. The summed E-state index contributed by atoms with van der Waals surface area (Å²) in [6, 6.07) is 3.71. The Bertz CT molecular complexity index is 1370. The molecule has 0 spiro atoms. The zero-order valence-electron chi connectivity index (χ0n) is 19.9. The number of aromatic nitrogens is 1. The molecule has 0 bridgehead atoms. The standard InChI is InChI=1S/C21H24N6O9S2/c1-11-14(20(30)27(11)38(31,32)33)7-16(29)18(15-9-37-21(24)25-15)26-36-5-4-35-17-3-2-12(19(22)23)6-13(17)8-34-10-28/h2-3,6,9-11,14H,4-5,7-8H2,1H3,(H3,22,23)(H2,24,25)(H,31,32,33)/b26-18-/t11-,14-/m0/s1. The van der Waals surface area contributed by atoms with Crippen molar-refractivity contribution < 1.29 is 41.7 Å². The fraction of sp³-hybridized carbons (Fsp3) is 0.333. The average molecular weight is 569 g/mol. The van der Waals surface area contributed by atoms with Gasteiger partial charge < -0.3 is 25.8 Å². The van der Waals surface area contributed by atoms with Gasteiger partial charge in [0.2, 0.25) is 5.91 Å². The second-order valence-electron chi connectivity index (χ2n) is 7.92. The number of nitrogen functional groups attached to an aromatic ring is 2. The van der Waals surface area contributed by atoms with E-state index >= 15 is 0 Å². The summed E-state index contributed by atoms with van der Waals surface area (Å²) in [5, 5.41) is 13.0. The molecule has 1 aromatic carbocycles. The summed E-state index contributed by atoms with van der Waals surface area (Å²) in [6.07, 6.45) is -0.398. The van der Waals surface area contributed by atoms with E-state index in [-0.39, 0.29) is 48.7 Å². The number of hydrogen-bond donors (Lipinski definition) is 4. The van der Waals surface area contributed by atoms with Crippen LogP contribution in [0.3, 0.4) is 0 Å². The summed E-state index contributed by atoms with van der Waals surface area (Å²) in [5.74, 6) is -2.38. The number of nitrogens with zero attached hydrogens (tertiary/aromatic N) is 3. The quantitative estimate of drug-likeness (QED) is 0.0451. The largest absolute Gasteiger partial charge is 0.490 e. The van der Waals surface area contributed by atoms with E-state index in [2.05, 4.69) is 10.1 Å². The molecule has 2 aromatic rings. The first-order valence-electron chi connectivity index (χ1n) is 10.8. The van der Waals surface area contributed by atoms with Gasteiger partial charge in [-0.15, -0.1) is 11.3 Å². The molecule has 2 heterocycles. The molecule has 0 radical (unpaired) electrons. The number of oxime groups is 1. The zero-order chi connectivity index (χ0) is 28.0. The second-order valence-corrected chi connectivity index (χ2v) is 10.1. The van der Waals surface area contributed by atoms with Gasteiger partial charge in [-0.05, 0) is 25.1 Å². The van der Waals surface area contributed by atoms with Gasteiger partial charge in [-0.2, -0.15) is 8.42 Å². The minimum atomic E-state index is -4.73. The molecule has 15 nitrogen and oxygen atoms in total. The Morgan fingerprint density at radius 3 is 2.68 bits per heavy atom. The molecule has 0 saturated carbocycles. The first-order chi connectivity index (χ1) is 17.9. The van der Waals surface area contributed by atoms with Crippen molar-refractivity contribution in [3.63, 3.8) is 0 Å². The molecule has 204 valence electrons. The third-order valence-corrected chi connectivity index (χ3v) is 7.12. The molecule has 1 saturated heterocycles. The van der Waals surface area contributed by atoms with E-state index in [1.54, 1.807) is 12.1 Å². The number of thiazole rings is 1. The highest BCUT2D eigenvalue weighted by molar-refractivity contribution is 7.84. The smallest absolute Gasteiger partial charge is 0.362 e. The Kier molecular flexibility index (Phi) is 8.97. The van der Waals surface area contributed by atoms with E-state index in [4.69, 9.17) is 35.7 Å². The van der Waals surface area contributed by atoms with Crippen LogP contribution in [0.25, 0.3) is 0 Å². The second kappa shape index (κ2) is 12.0. The number of Topliss-reactive ketones (excluding diaryl/α,β-unsaturated/α-hetero) is 1. The molecule has 1 aliphatic rings. The lowest BCUT2D eigenvalue weighted by molar-refractivity contribution is -0.147. The van der Waals surface area contributed by atoms with Crippen LogP contribution in [-0.2, 0) is 40.9 Å². The zero-order valence-corrected chi connectivity index (χ0v) is 21.5. The van der Waals surface area contributed by atoms with E-state index in [1.165, 1.54) is 18.4 Å². The summed E-state index contributed by atoms with van der Waals surface area (Å²) in [7, 11) is -4.73. The Morgan fingerprint density at radius 1 is 1.37 bits per heavy atom. The number of benzene rings is 1. The maximum absolute atomic E-state index is 12.9. The van der Waals surface area contributed by atoms with Crippen LogP contribution < -0.4 is 16.2 Å². The summed E-state index contributed by atoms with van der Waals surface area (Å²) in [5.41, 5.74) is 11.9. The minimum Gasteiger partial charge on any atom is -0.490 e. The molecule has 2 atom stereocenters. The summed E-state index contributed by atoms with van der Waals surface area (Å²) < 4.78 is 42.5. The average Bonchev–Trinajstić information content (AvgIpc) is 3.28. The first-order valence-corrected chi connectivity index (χ1v) is 13.1. The number of β-lactam (4-membered cyclic amide) rings is 1. The lowest BCUT2D eigenvalue weighted by Gasteiger charge is -2.41. The molecule has 17 heteroatoms. The van der Waals surface area contributed by atoms with Crippen molar-refractivity contribution in [2.75, 3.05) is 18.9 Å². The number of nitrogens with one attached hydrogen (secondary N) is 1. The molecule has 1 amide bonds. The molecular formula is C21H24N6O9S2. The number of amidine groups is 1. The van der Waals surface area contributed by atoms with Gasteiger partial charge in [0.15, 0.2) is 23.2 Å². The molecule has 1 fully saturated rings. The number of ketones is 1. The number of hydrogen-bond acceptors (Lipinski definition) is 13. The summed E-state index contributed by atoms with van der Waals surface area (Å²) in [4.78, 5) is 44.9. The fourth-order valence-electron chi connectivity index (χ4n) is 3.59. The highest BCUT2D eigenvalue weighted by Crippen LogP contribution is 2.32. The summed E-state index contributed by atoms with van der Waals surface area (Å²) in [6.45, 7) is 1.36. The maximum Gasteiger partial charge on any atom is 0.362 e. The van der Waals surface area contributed by atoms with E-state index in [0.29, 0.717) is 21.2 Å². The van der Waals surface area contributed by atoms with Crippen LogP contribution in [-0.4, -0.2) is 71.2 Å². The minimum absolute atomic E-state index is 0.0425. The molecule has 6 N–H and O–H groups in total. The molecule has 3 rings (SSSR count). The van der Waals surface area contributed by atoms with Crippen molar-refractivity contribution in [2.45, 2.75) is 26.0 Å².